The van der Waals surface area contributed by atoms with Crippen molar-refractivity contribution in [3.8, 4) is 0 Å². The molecule has 6 heteroatoms. The van der Waals surface area contributed by atoms with Crippen molar-refractivity contribution in [1.82, 2.24) is 20.4 Å². The van der Waals surface area contributed by atoms with Gasteiger partial charge in [-0.2, -0.15) is 10.2 Å². The van der Waals surface area contributed by atoms with Gasteiger partial charge in [0.05, 0.1) is 18.1 Å². The van der Waals surface area contributed by atoms with E-state index in [1.165, 1.54) is 0 Å². The molecule has 0 aliphatic carbocycles. The van der Waals surface area contributed by atoms with Crippen LogP contribution in [0.2, 0.25) is 0 Å². The number of hydrogen-bond acceptors (Lipinski definition) is 4. The standard InChI is InChI=1S/C7H10N6/c8-7-6(4-12-13-7)9-1-5-2-10-11-3-5/h2-4,9H,1H2,(H,10,11)(H3,8,12,13). The van der Waals surface area contributed by atoms with Gasteiger partial charge in [-0.25, -0.2) is 0 Å². The van der Waals surface area contributed by atoms with E-state index in [1.54, 1.807) is 12.4 Å². The number of nitrogens with one attached hydrogen (secondary N) is 3. The Labute approximate surface area is 74.5 Å². The fourth-order valence-electron chi connectivity index (χ4n) is 1.01. The van der Waals surface area contributed by atoms with Crippen LogP contribution in [-0.4, -0.2) is 20.4 Å². The van der Waals surface area contributed by atoms with E-state index in [1.807, 2.05) is 6.20 Å². The second kappa shape index (κ2) is 3.18. The summed E-state index contributed by atoms with van der Waals surface area (Å²) in [7, 11) is 0. The van der Waals surface area contributed by atoms with Crippen molar-refractivity contribution >= 4 is 11.5 Å². The summed E-state index contributed by atoms with van der Waals surface area (Å²) in [6, 6.07) is 0. The third-order valence-corrected chi connectivity index (χ3v) is 1.71. The molecule has 13 heavy (non-hydrogen) atoms. The van der Waals surface area contributed by atoms with E-state index in [0.29, 0.717) is 12.4 Å². The van der Waals surface area contributed by atoms with Gasteiger partial charge in [0.25, 0.3) is 0 Å². The van der Waals surface area contributed by atoms with Crippen molar-refractivity contribution in [2.45, 2.75) is 6.54 Å². The molecular weight excluding hydrogens is 168 g/mol. The average Bonchev–Trinajstić information content (AvgIpc) is 2.72. The Hall–Kier alpha value is -1.98. The van der Waals surface area contributed by atoms with Gasteiger partial charge in [0.2, 0.25) is 0 Å². The molecule has 2 rings (SSSR count). The lowest BCUT2D eigenvalue weighted by Gasteiger charge is -2.00. The van der Waals surface area contributed by atoms with Crippen LogP contribution in [0.3, 0.4) is 0 Å². The van der Waals surface area contributed by atoms with E-state index in [2.05, 4.69) is 25.7 Å². The van der Waals surface area contributed by atoms with Gasteiger partial charge in [-0.1, -0.05) is 0 Å². The predicted molar refractivity (Wildman–Crippen MR) is 48.9 cm³/mol. The molecule has 2 aromatic heterocycles. The highest BCUT2D eigenvalue weighted by Crippen LogP contribution is 2.13. The molecule has 5 N–H and O–H groups in total. The van der Waals surface area contributed by atoms with Gasteiger partial charge in [0.1, 0.15) is 5.82 Å². The first kappa shape index (κ1) is 7.66. The minimum Gasteiger partial charge on any atom is -0.382 e. The second-order valence-electron chi connectivity index (χ2n) is 2.66. The first-order chi connectivity index (χ1) is 6.36. The van der Waals surface area contributed by atoms with E-state index in [0.717, 1.165) is 11.3 Å². The maximum atomic E-state index is 5.58. The van der Waals surface area contributed by atoms with Crippen molar-refractivity contribution < 1.29 is 0 Å². The highest BCUT2D eigenvalue weighted by atomic mass is 15.2. The molecule has 0 unspecified atom stereocenters. The number of rotatable bonds is 3. The first-order valence-electron chi connectivity index (χ1n) is 3.86. The third-order valence-electron chi connectivity index (χ3n) is 1.71. The highest BCUT2D eigenvalue weighted by molar-refractivity contribution is 5.59. The molecule has 0 aromatic carbocycles. The Kier molecular flexibility index (Phi) is 1.87. The summed E-state index contributed by atoms with van der Waals surface area (Å²) in [6.07, 6.45) is 5.22. The second-order valence-corrected chi connectivity index (χ2v) is 2.66. The molecule has 0 fully saturated rings. The SMILES string of the molecule is Nc1[nH]ncc1NCc1cn[nH]c1. The maximum Gasteiger partial charge on any atom is 0.142 e. The number of nitrogens with zero attached hydrogens (tertiary/aromatic N) is 2. The Balaban J connectivity index is 1.97. The topological polar surface area (TPSA) is 95.4 Å². The molecule has 0 atom stereocenters. The fraction of sp³-hybridized carbons (Fsp3) is 0.143. The van der Waals surface area contributed by atoms with Crippen LogP contribution in [0.4, 0.5) is 11.5 Å². The number of H-pyrrole nitrogens is 2. The number of hydrogen-bond donors (Lipinski definition) is 4. The van der Waals surface area contributed by atoms with E-state index in [-0.39, 0.29) is 0 Å². The molecule has 0 radical (unpaired) electrons. The number of aromatic nitrogens is 4. The van der Waals surface area contributed by atoms with E-state index in [9.17, 15) is 0 Å². The summed E-state index contributed by atoms with van der Waals surface area (Å²) < 4.78 is 0. The Morgan fingerprint density at radius 1 is 1.38 bits per heavy atom. The van der Waals surface area contributed by atoms with Crippen LogP contribution in [-0.2, 0) is 6.54 Å². The molecule has 2 aromatic rings. The lowest BCUT2D eigenvalue weighted by atomic mass is 10.3. The van der Waals surface area contributed by atoms with Crippen molar-refractivity contribution in [3.05, 3.63) is 24.2 Å². The van der Waals surface area contributed by atoms with Crippen LogP contribution in [0, 0.1) is 0 Å². The molecule has 0 saturated carbocycles. The van der Waals surface area contributed by atoms with Crippen LogP contribution >= 0.6 is 0 Å². The third kappa shape index (κ3) is 1.61. The van der Waals surface area contributed by atoms with Crippen molar-refractivity contribution in [1.29, 1.82) is 0 Å². The molecule has 0 spiro atoms. The van der Waals surface area contributed by atoms with Crippen LogP contribution < -0.4 is 11.1 Å². The van der Waals surface area contributed by atoms with Gasteiger partial charge in [-0.15, -0.1) is 0 Å². The monoisotopic (exact) mass is 178 g/mol. The van der Waals surface area contributed by atoms with Crippen molar-refractivity contribution in [2.24, 2.45) is 0 Å². The zero-order valence-corrected chi connectivity index (χ0v) is 6.91. The zero-order valence-electron chi connectivity index (χ0n) is 6.91. The minimum absolute atomic E-state index is 0.545. The minimum atomic E-state index is 0.545. The maximum absolute atomic E-state index is 5.58. The highest BCUT2D eigenvalue weighted by Gasteiger charge is 1.99. The fourth-order valence-corrected chi connectivity index (χ4v) is 1.01. The Bertz CT molecular complexity index is 362. The van der Waals surface area contributed by atoms with E-state index in [4.69, 9.17) is 5.73 Å². The predicted octanol–water partition coefficient (Wildman–Crippen LogP) is 0.327. The van der Waals surface area contributed by atoms with Crippen LogP contribution in [0.25, 0.3) is 0 Å². The van der Waals surface area contributed by atoms with Crippen LogP contribution in [0.15, 0.2) is 18.6 Å². The quantitative estimate of drug-likeness (QED) is 0.544. The molecular formula is C7H10N6. The summed E-state index contributed by atoms with van der Waals surface area (Å²) in [4.78, 5) is 0. The molecule has 0 aliphatic rings. The normalized spacial score (nSPS) is 10.2. The smallest absolute Gasteiger partial charge is 0.142 e. The summed E-state index contributed by atoms with van der Waals surface area (Å²) in [5.74, 6) is 0.545. The number of nitrogens with two attached hydrogens (primary N) is 1. The summed E-state index contributed by atoms with van der Waals surface area (Å²) in [5, 5.41) is 16.1. The lowest BCUT2D eigenvalue weighted by molar-refractivity contribution is 1.09. The lowest BCUT2D eigenvalue weighted by Crippen LogP contribution is -1.99. The van der Waals surface area contributed by atoms with Crippen molar-refractivity contribution in [3.63, 3.8) is 0 Å². The molecule has 68 valence electrons. The molecule has 2 heterocycles. The summed E-state index contributed by atoms with van der Waals surface area (Å²) >= 11 is 0. The van der Waals surface area contributed by atoms with Gasteiger partial charge >= 0.3 is 0 Å². The van der Waals surface area contributed by atoms with Gasteiger partial charge in [-0.3, -0.25) is 10.2 Å². The largest absolute Gasteiger partial charge is 0.382 e. The van der Waals surface area contributed by atoms with Gasteiger partial charge in [0, 0.05) is 18.3 Å². The number of aromatic amines is 2. The van der Waals surface area contributed by atoms with E-state index >= 15 is 0 Å². The Morgan fingerprint density at radius 3 is 2.92 bits per heavy atom. The average molecular weight is 178 g/mol. The summed E-state index contributed by atoms with van der Waals surface area (Å²) in [6.45, 7) is 0.681. The van der Waals surface area contributed by atoms with E-state index < -0.39 is 0 Å². The molecule has 0 amide bonds. The molecule has 0 aliphatic heterocycles. The van der Waals surface area contributed by atoms with Gasteiger partial charge in [0.15, 0.2) is 0 Å². The zero-order chi connectivity index (χ0) is 9.10. The van der Waals surface area contributed by atoms with Gasteiger partial charge in [-0.05, 0) is 0 Å². The van der Waals surface area contributed by atoms with Gasteiger partial charge < -0.3 is 11.1 Å². The molecule has 6 nitrogen and oxygen atoms in total. The Morgan fingerprint density at radius 2 is 2.31 bits per heavy atom. The first-order valence-corrected chi connectivity index (χ1v) is 3.86. The molecule has 0 saturated heterocycles. The molecule has 0 bridgehead atoms. The van der Waals surface area contributed by atoms with Crippen LogP contribution in [0.5, 0.6) is 0 Å². The van der Waals surface area contributed by atoms with Crippen molar-refractivity contribution in [2.75, 3.05) is 11.1 Å². The number of anilines is 2. The summed E-state index contributed by atoms with van der Waals surface area (Å²) in [5.41, 5.74) is 7.45. The number of nitrogen functional groups attached to an aromatic ring is 1. The van der Waals surface area contributed by atoms with Crippen LogP contribution in [0.1, 0.15) is 5.56 Å².